The second-order valence-electron chi connectivity index (χ2n) is 4.83. The molecule has 0 aliphatic heterocycles. The maximum atomic E-state index is 14.2. The van der Waals surface area contributed by atoms with Gasteiger partial charge >= 0.3 is 0 Å². The van der Waals surface area contributed by atoms with Gasteiger partial charge in [0.1, 0.15) is 11.6 Å². The SMILES string of the molecule is CCNC(Cc1cccc(Cl)c1)c1ccc(OC)cc1F. The topological polar surface area (TPSA) is 21.3 Å². The molecule has 0 bridgehead atoms. The third-order valence-electron chi connectivity index (χ3n) is 3.36. The molecule has 0 spiro atoms. The van der Waals surface area contributed by atoms with E-state index in [1.807, 2.05) is 31.2 Å². The van der Waals surface area contributed by atoms with Gasteiger partial charge in [-0.1, -0.05) is 36.7 Å². The Morgan fingerprint density at radius 1 is 1.24 bits per heavy atom. The molecule has 0 heterocycles. The molecule has 1 N–H and O–H groups in total. The van der Waals surface area contributed by atoms with Crippen LogP contribution in [-0.2, 0) is 6.42 Å². The Kier molecular flexibility index (Phi) is 5.59. The van der Waals surface area contributed by atoms with E-state index >= 15 is 0 Å². The van der Waals surface area contributed by atoms with Crippen LogP contribution in [0.2, 0.25) is 5.02 Å². The van der Waals surface area contributed by atoms with E-state index in [2.05, 4.69) is 5.32 Å². The normalized spacial score (nSPS) is 12.2. The van der Waals surface area contributed by atoms with E-state index in [9.17, 15) is 4.39 Å². The quantitative estimate of drug-likeness (QED) is 0.855. The van der Waals surface area contributed by atoms with Crippen molar-refractivity contribution in [3.05, 3.63) is 64.4 Å². The van der Waals surface area contributed by atoms with Gasteiger partial charge in [-0.2, -0.15) is 0 Å². The van der Waals surface area contributed by atoms with E-state index in [4.69, 9.17) is 16.3 Å². The van der Waals surface area contributed by atoms with Crippen molar-refractivity contribution in [2.75, 3.05) is 13.7 Å². The van der Waals surface area contributed by atoms with E-state index in [0.29, 0.717) is 22.8 Å². The minimum atomic E-state index is -0.262. The molecule has 2 nitrogen and oxygen atoms in total. The monoisotopic (exact) mass is 307 g/mol. The van der Waals surface area contributed by atoms with E-state index in [0.717, 1.165) is 12.1 Å². The van der Waals surface area contributed by atoms with Gasteiger partial charge < -0.3 is 10.1 Å². The van der Waals surface area contributed by atoms with Gasteiger partial charge in [0, 0.05) is 22.7 Å². The van der Waals surface area contributed by atoms with Crippen LogP contribution >= 0.6 is 11.6 Å². The maximum absolute atomic E-state index is 14.2. The van der Waals surface area contributed by atoms with Crippen molar-refractivity contribution in [3.8, 4) is 5.75 Å². The zero-order chi connectivity index (χ0) is 15.2. The minimum absolute atomic E-state index is 0.0978. The zero-order valence-electron chi connectivity index (χ0n) is 12.2. The summed E-state index contributed by atoms with van der Waals surface area (Å²) in [6, 6.07) is 12.5. The molecule has 1 unspecified atom stereocenters. The van der Waals surface area contributed by atoms with Crippen LogP contribution in [0.15, 0.2) is 42.5 Å². The van der Waals surface area contributed by atoms with E-state index in [1.54, 1.807) is 12.1 Å². The molecule has 0 aromatic heterocycles. The van der Waals surface area contributed by atoms with Crippen LogP contribution in [0, 0.1) is 5.82 Å². The predicted octanol–water partition coefficient (Wildman–Crippen LogP) is 4.38. The first-order valence-corrected chi connectivity index (χ1v) is 7.33. The number of rotatable bonds is 6. The molecule has 2 rings (SSSR count). The van der Waals surface area contributed by atoms with Gasteiger partial charge in [0.05, 0.1) is 7.11 Å². The predicted molar refractivity (Wildman–Crippen MR) is 84.5 cm³/mol. The van der Waals surface area contributed by atoms with E-state index in [1.165, 1.54) is 13.2 Å². The van der Waals surface area contributed by atoms with Gasteiger partial charge in [-0.05, 0) is 36.7 Å². The average Bonchev–Trinajstić information content (AvgIpc) is 2.47. The Labute approximate surface area is 129 Å². The van der Waals surface area contributed by atoms with Crippen LogP contribution in [0.4, 0.5) is 4.39 Å². The van der Waals surface area contributed by atoms with Gasteiger partial charge in [-0.25, -0.2) is 4.39 Å². The number of hydrogen-bond donors (Lipinski definition) is 1. The Hall–Kier alpha value is -1.58. The molecule has 0 saturated carbocycles. The Balaban J connectivity index is 2.26. The minimum Gasteiger partial charge on any atom is -0.497 e. The molecular weight excluding hydrogens is 289 g/mol. The molecular formula is C17H19ClFNO. The number of methoxy groups -OCH3 is 1. The second kappa shape index (κ2) is 7.43. The van der Waals surface area contributed by atoms with Gasteiger partial charge in [-0.15, -0.1) is 0 Å². The number of benzene rings is 2. The first-order chi connectivity index (χ1) is 10.1. The highest BCUT2D eigenvalue weighted by molar-refractivity contribution is 6.30. The number of ether oxygens (including phenoxy) is 1. The Bertz CT molecular complexity index is 603. The van der Waals surface area contributed by atoms with Gasteiger partial charge in [0.15, 0.2) is 0 Å². The number of nitrogens with one attached hydrogen (secondary N) is 1. The van der Waals surface area contributed by atoms with E-state index < -0.39 is 0 Å². The fourth-order valence-corrected chi connectivity index (χ4v) is 2.57. The summed E-state index contributed by atoms with van der Waals surface area (Å²) in [7, 11) is 1.53. The summed E-state index contributed by atoms with van der Waals surface area (Å²) in [5.41, 5.74) is 1.71. The van der Waals surface area contributed by atoms with Crippen molar-refractivity contribution in [1.82, 2.24) is 5.32 Å². The first kappa shape index (κ1) is 15.8. The lowest BCUT2D eigenvalue weighted by Crippen LogP contribution is -2.24. The zero-order valence-corrected chi connectivity index (χ0v) is 13.0. The molecule has 0 saturated heterocycles. The third kappa shape index (κ3) is 4.19. The van der Waals surface area contributed by atoms with Crippen LogP contribution in [0.25, 0.3) is 0 Å². The lowest BCUT2D eigenvalue weighted by atomic mass is 9.98. The smallest absolute Gasteiger partial charge is 0.131 e. The van der Waals surface area contributed by atoms with Crippen LogP contribution in [0.5, 0.6) is 5.75 Å². The van der Waals surface area contributed by atoms with Crippen molar-refractivity contribution in [2.24, 2.45) is 0 Å². The van der Waals surface area contributed by atoms with Crippen LogP contribution in [0.3, 0.4) is 0 Å². The number of likely N-dealkylation sites (N-methyl/N-ethyl adjacent to an activating group) is 1. The highest BCUT2D eigenvalue weighted by Crippen LogP contribution is 2.25. The molecule has 1 atom stereocenters. The summed E-state index contributed by atoms with van der Waals surface area (Å²) in [5.74, 6) is 0.261. The Morgan fingerprint density at radius 2 is 2.05 bits per heavy atom. The molecule has 2 aromatic carbocycles. The van der Waals surface area contributed by atoms with Crippen molar-refractivity contribution < 1.29 is 9.13 Å². The Morgan fingerprint density at radius 3 is 2.67 bits per heavy atom. The molecule has 0 aliphatic rings. The van der Waals surface area contributed by atoms with Crippen LogP contribution in [0.1, 0.15) is 24.1 Å². The van der Waals surface area contributed by atoms with Gasteiger partial charge in [0.2, 0.25) is 0 Å². The average molecular weight is 308 g/mol. The van der Waals surface area contributed by atoms with Crippen molar-refractivity contribution >= 4 is 11.6 Å². The number of halogens is 2. The molecule has 4 heteroatoms. The fourth-order valence-electron chi connectivity index (χ4n) is 2.36. The summed E-state index contributed by atoms with van der Waals surface area (Å²) < 4.78 is 19.3. The van der Waals surface area contributed by atoms with Gasteiger partial charge in [-0.3, -0.25) is 0 Å². The summed E-state index contributed by atoms with van der Waals surface area (Å²) in [6.45, 7) is 2.77. The van der Waals surface area contributed by atoms with Gasteiger partial charge in [0.25, 0.3) is 0 Å². The second-order valence-corrected chi connectivity index (χ2v) is 5.27. The largest absolute Gasteiger partial charge is 0.497 e. The highest BCUT2D eigenvalue weighted by atomic mass is 35.5. The van der Waals surface area contributed by atoms with Crippen LogP contribution in [-0.4, -0.2) is 13.7 Å². The van der Waals surface area contributed by atoms with Crippen molar-refractivity contribution in [1.29, 1.82) is 0 Å². The lowest BCUT2D eigenvalue weighted by Gasteiger charge is -2.19. The lowest BCUT2D eigenvalue weighted by molar-refractivity contribution is 0.409. The molecule has 0 fully saturated rings. The summed E-state index contributed by atoms with van der Waals surface area (Å²) in [6.07, 6.45) is 0.678. The highest BCUT2D eigenvalue weighted by Gasteiger charge is 2.16. The maximum Gasteiger partial charge on any atom is 0.131 e. The molecule has 0 aliphatic carbocycles. The van der Waals surface area contributed by atoms with Crippen molar-refractivity contribution in [3.63, 3.8) is 0 Å². The molecule has 112 valence electrons. The van der Waals surface area contributed by atoms with Crippen LogP contribution < -0.4 is 10.1 Å². The summed E-state index contributed by atoms with van der Waals surface area (Å²) >= 11 is 6.01. The molecule has 2 aromatic rings. The molecule has 0 radical (unpaired) electrons. The standard InChI is InChI=1S/C17H19ClFNO/c1-3-20-17(10-12-5-4-6-13(18)9-12)15-8-7-14(21-2)11-16(15)19/h4-9,11,17,20H,3,10H2,1-2H3. The number of hydrogen-bond acceptors (Lipinski definition) is 2. The molecule has 0 amide bonds. The third-order valence-corrected chi connectivity index (χ3v) is 3.60. The molecule has 21 heavy (non-hydrogen) atoms. The van der Waals surface area contributed by atoms with E-state index in [-0.39, 0.29) is 11.9 Å². The summed E-state index contributed by atoms with van der Waals surface area (Å²) in [5, 5.41) is 4.01. The first-order valence-electron chi connectivity index (χ1n) is 6.95. The van der Waals surface area contributed by atoms with Crippen molar-refractivity contribution in [2.45, 2.75) is 19.4 Å². The summed E-state index contributed by atoms with van der Waals surface area (Å²) in [4.78, 5) is 0. The fraction of sp³-hybridized carbons (Fsp3) is 0.294.